The van der Waals surface area contributed by atoms with Crippen LogP contribution in [0.3, 0.4) is 0 Å². The number of hydrogen-bond donors (Lipinski definition) is 1. The Morgan fingerprint density at radius 2 is 1.94 bits per heavy atom. The largest absolute Gasteiger partial charge is 0.478 e. The summed E-state index contributed by atoms with van der Waals surface area (Å²) < 4.78 is 5.53. The highest BCUT2D eigenvalue weighted by Gasteiger charge is 2.15. The SMILES string of the molecule is O=C(O)c1cccc2nc(-c3ccncc3)oc12. The second-order valence-electron chi connectivity index (χ2n) is 3.71. The maximum absolute atomic E-state index is 11.1. The molecule has 0 radical (unpaired) electrons. The van der Waals surface area contributed by atoms with Crippen molar-refractivity contribution in [2.45, 2.75) is 0 Å². The zero-order valence-electron chi connectivity index (χ0n) is 9.20. The number of oxazole rings is 1. The first-order chi connectivity index (χ1) is 8.75. The van der Waals surface area contributed by atoms with Crippen LogP contribution in [0.1, 0.15) is 10.4 Å². The van der Waals surface area contributed by atoms with Crippen molar-refractivity contribution in [1.82, 2.24) is 9.97 Å². The first-order valence-electron chi connectivity index (χ1n) is 5.29. The van der Waals surface area contributed by atoms with Gasteiger partial charge in [0.2, 0.25) is 5.89 Å². The summed E-state index contributed by atoms with van der Waals surface area (Å²) in [5.41, 5.74) is 1.69. The van der Waals surface area contributed by atoms with Gasteiger partial charge in [-0.1, -0.05) is 6.07 Å². The quantitative estimate of drug-likeness (QED) is 0.745. The van der Waals surface area contributed by atoms with E-state index in [0.717, 1.165) is 5.56 Å². The molecule has 5 heteroatoms. The Bertz CT molecular complexity index is 719. The lowest BCUT2D eigenvalue weighted by molar-refractivity contribution is 0.0698. The normalized spacial score (nSPS) is 10.7. The molecule has 3 aromatic rings. The van der Waals surface area contributed by atoms with E-state index in [1.165, 1.54) is 6.07 Å². The molecule has 18 heavy (non-hydrogen) atoms. The van der Waals surface area contributed by atoms with E-state index in [-0.39, 0.29) is 11.1 Å². The summed E-state index contributed by atoms with van der Waals surface area (Å²) in [4.78, 5) is 19.2. The molecule has 3 rings (SSSR count). The van der Waals surface area contributed by atoms with Gasteiger partial charge in [0, 0.05) is 18.0 Å². The van der Waals surface area contributed by atoms with Crippen molar-refractivity contribution in [3.05, 3.63) is 48.3 Å². The lowest BCUT2D eigenvalue weighted by Crippen LogP contribution is -1.95. The van der Waals surface area contributed by atoms with Gasteiger partial charge >= 0.3 is 5.97 Å². The topological polar surface area (TPSA) is 76.2 Å². The number of benzene rings is 1. The first-order valence-corrected chi connectivity index (χ1v) is 5.29. The number of carboxylic acids is 1. The van der Waals surface area contributed by atoms with Gasteiger partial charge in [0.1, 0.15) is 11.1 Å². The van der Waals surface area contributed by atoms with Gasteiger partial charge in [-0.25, -0.2) is 9.78 Å². The van der Waals surface area contributed by atoms with E-state index in [9.17, 15) is 4.79 Å². The average Bonchev–Trinajstić information content (AvgIpc) is 2.83. The standard InChI is InChI=1S/C13H8N2O3/c16-13(17)9-2-1-3-10-11(9)18-12(15-10)8-4-6-14-7-5-8/h1-7H,(H,16,17). The Hall–Kier alpha value is -2.69. The van der Waals surface area contributed by atoms with Crippen molar-refractivity contribution >= 4 is 17.1 Å². The molecule has 0 amide bonds. The highest BCUT2D eigenvalue weighted by molar-refractivity contribution is 6.00. The molecule has 0 aliphatic rings. The molecular weight excluding hydrogens is 232 g/mol. The van der Waals surface area contributed by atoms with Gasteiger partial charge in [-0.15, -0.1) is 0 Å². The van der Waals surface area contributed by atoms with Gasteiger partial charge < -0.3 is 9.52 Å². The molecule has 1 N–H and O–H groups in total. The fourth-order valence-corrected chi connectivity index (χ4v) is 1.74. The third kappa shape index (κ3) is 1.62. The molecular formula is C13H8N2O3. The van der Waals surface area contributed by atoms with Gasteiger partial charge in [-0.2, -0.15) is 0 Å². The molecule has 0 spiro atoms. The minimum absolute atomic E-state index is 0.111. The number of carbonyl (C=O) groups is 1. The highest BCUT2D eigenvalue weighted by atomic mass is 16.4. The molecule has 0 aliphatic carbocycles. The van der Waals surface area contributed by atoms with Crippen LogP contribution in [-0.4, -0.2) is 21.0 Å². The Kier molecular flexibility index (Phi) is 2.30. The molecule has 0 saturated carbocycles. The van der Waals surface area contributed by atoms with E-state index in [1.54, 1.807) is 36.7 Å². The van der Waals surface area contributed by atoms with Crippen molar-refractivity contribution in [2.75, 3.05) is 0 Å². The van der Waals surface area contributed by atoms with Crippen LogP contribution in [0.4, 0.5) is 0 Å². The van der Waals surface area contributed by atoms with Gasteiger partial charge in [0.15, 0.2) is 5.58 Å². The molecule has 0 unspecified atom stereocenters. The van der Waals surface area contributed by atoms with E-state index in [2.05, 4.69) is 9.97 Å². The number of nitrogens with zero attached hydrogens (tertiary/aromatic N) is 2. The van der Waals surface area contributed by atoms with Crippen LogP contribution in [0.2, 0.25) is 0 Å². The van der Waals surface area contributed by atoms with Crippen LogP contribution in [0.5, 0.6) is 0 Å². The van der Waals surface area contributed by atoms with Crippen LogP contribution in [0.15, 0.2) is 47.1 Å². The van der Waals surface area contributed by atoms with Crippen LogP contribution >= 0.6 is 0 Å². The Balaban J connectivity index is 2.23. The van der Waals surface area contributed by atoms with Gasteiger partial charge in [-0.3, -0.25) is 4.98 Å². The predicted octanol–water partition coefficient (Wildman–Crippen LogP) is 2.59. The van der Waals surface area contributed by atoms with Crippen molar-refractivity contribution < 1.29 is 14.3 Å². The zero-order valence-corrected chi connectivity index (χ0v) is 9.20. The van der Waals surface area contributed by atoms with Gasteiger partial charge in [0.25, 0.3) is 0 Å². The van der Waals surface area contributed by atoms with E-state index >= 15 is 0 Å². The van der Waals surface area contributed by atoms with E-state index in [4.69, 9.17) is 9.52 Å². The minimum Gasteiger partial charge on any atom is -0.478 e. The maximum Gasteiger partial charge on any atom is 0.339 e. The smallest absolute Gasteiger partial charge is 0.339 e. The number of pyridine rings is 1. The molecule has 2 aromatic heterocycles. The fraction of sp³-hybridized carbons (Fsp3) is 0. The third-order valence-corrected chi connectivity index (χ3v) is 2.57. The Morgan fingerprint density at radius 1 is 1.17 bits per heavy atom. The Labute approximate surface area is 102 Å². The number of carboxylic acid groups (broad SMARTS) is 1. The molecule has 0 atom stereocenters. The number of rotatable bonds is 2. The third-order valence-electron chi connectivity index (χ3n) is 2.57. The molecule has 1 aromatic carbocycles. The molecule has 0 saturated heterocycles. The lowest BCUT2D eigenvalue weighted by Gasteiger charge is -1.93. The number of fused-ring (bicyclic) bond motifs is 1. The molecule has 88 valence electrons. The van der Waals surface area contributed by atoms with E-state index in [1.807, 2.05) is 0 Å². The summed E-state index contributed by atoms with van der Waals surface area (Å²) in [6.07, 6.45) is 3.25. The van der Waals surface area contributed by atoms with E-state index in [0.29, 0.717) is 11.4 Å². The lowest BCUT2D eigenvalue weighted by atomic mass is 10.2. The molecule has 5 nitrogen and oxygen atoms in total. The van der Waals surface area contributed by atoms with Crippen molar-refractivity contribution in [3.63, 3.8) is 0 Å². The predicted molar refractivity (Wildman–Crippen MR) is 64.2 cm³/mol. The summed E-state index contributed by atoms with van der Waals surface area (Å²) in [6, 6.07) is 8.36. The second-order valence-corrected chi connectivity index (χ2v) is 3.71. The molecule has 0 bridgehead atoms. The number of aromatic nitrogens is 2. The highest BCUT2D eigenvalue weighted by Crippen LogP contribution is 2.26. The second kappa shape index (κ2) is 3.96. The summed E-state index contributed by atoms with van der Waals surface area (Å²) in [6.45, 7) is 0. The number of hydrogen-bond acceptors (Lipinski definition) is 4. The van der Waals surface area contributed by atoms with Gasteiger partial charge in [0.05, 0.1) is 0 Å². The fourth-order valence-electron chi connectivity index (χ4n) is 1.74. The number of para-hydroxylation sites is 1. The summed E-state index contributed by atoms with van der Waals surface area (Å²) >= 11 is 0. The summed E-state index contributed by atoms with van der Waals surface area (Å²) in [5, 5.41) is 9.06. The van der Waals surface area contributed by atoms with Crippen molar-refractivity contribution in [2.24, 2.45) is 0 Å². The van der Waals surface area contributed by atoms with Crippen molar-refractivity contribution in [1.29, 1.82) is 0 Å². The van der Waals surface area contributed by atoms with Crippen LogP contribution in [0.25, 0.3) is 22.6 Å². The van der Waals surface area contributed by atoms with E-state index < -0.39 is 5.97 Å². The average molecular weight is 240 g/mol. The zero-order chi connectivity index (χ0) is 12.5. The Morgan fingerprint density at radius 3 is 2.67 bits per heavy atom. The molecule has 0 aliphatic heterocycles. The number of aromatic carboxylic acids is 1. The summed E-state index contributed by atoms with van der Waals surface area (Å²) in [7, 11) is 0. The van der Waals surface area contributed by atoms with Crippen molar-refractivity contribution in [3.8, 4) is 11.5 Å². The van der Waals surface area contributed by atoms with Crippen LogP contribution in [-0.2, 0) is 0 Å². The van der Waals surface area contributed by atoms with Crippen LogP contribution < -0.4 is 0 Å². The molecule has 0 fully saturated rings. The molecule has 2 heterocycles. The summed E-state index contributed by atoms with van der Waals surface area (Å²) in [5.74, 6) is -0.640. The first kappa shape index (κ1) is 10.5. The minimum atomic E-state index is -1.03. The maximum atomic E-state index is 11.1. The van der Waals surface area contributed by atoms with Gasteiger partial charge in [-0.05, 0) is 24.3 Å². The van der Waals surface area contributed by atoms with Crippen LogP contribution in [0, 0.1) is 0 Å². The monoisotopic (exact) mass is 240 g/mol.